The smallest absolute Gasteiger partial charge is 0.136 e. The number of hydrogen-bond donors (Lipinski definition) is 0. The summed E-state index contributed by atoms with van der Waals surface area (Å²) in [6.07, 6.45) is 2.51. The Morgan fingerprint density at radius 1 is 1.15 bits per heavy atom. The van der Waals surface area contributed by atoms with E-state index in [1.54, 1.807) is 0 Å². The number of rotatable bonds is 5. The first-order valence-electron chi connectivity index (χ1n) is 6.87. The second-order valence-corrected chi connectivity index (χ2v) is 5.31. The van der Waals surface area contributed by atoms with E-state index in [1.165, 1.54) is 6.33 Å². The van der Waals surface area contributed by atoms with Gasteiger partial charge in [-0.05, 0) is 36.6 Å². The topological polar surface area (TPSA) is 35.0 Å². The molecule has 0 atom stereocenters. The fourth-order valence-corrected chi connectivity index (χ4v) is 2.40. The Labute approximate surface area is 125 Å². The first-order chi connectivity index (χ1) is 9.63. The van der Waals surface area contributed by atoms with Gasteiger partial charge in [0.1, 0.15) is 17.2 Å². The molecule has 0 aliphatic rings. The molecule has 4 heteroatoms. The number of halogens is 1. The summed E-state index contributed by atoms with van der Waals surface area (Å²) in [5.41, 5.74) is 2.90. The number of aromatic nitrogens is 2. The monoisotopic (exact) mass is 290 g/mol. The molecule has 1 heterocycles. The lowest BCUT2D eigenvalue weighted by Gasteiger charge is -2.13. The third-order valence-electron chi connectivity index (χ3n) is 3.01. The van der Waals surface area contributed by atoms with Gasteiger partial charge < -0.3 is 4.74 Å². The normalized spacial score (nSPS) is 10.8. The number of ether oxygens (including phenoxy) is 1. The third kappa shape index (κ3) is 3.28. The van der Waals surface area contributed by atoms with Gasteiger partial charge in [-0.25, -0.2) is 9.97 Å². The van der Waals surface area contributed by atoms with Crippen molar-refractivity contribution in [2.24, 2.45) is 0 Å². The van der Waals surface area contributed by atoms with E-state index in [-0.39, 0.29) is 5.92 Å². The molecule has 2 rings (SSSR count). The molecule has 0 aliphatic carbocycles. The second-order valence-electron chi connectivity index (χ2n) is 4.95. The maximum absolute atomic E-state index is 6.20. The van der Waals surface area contributed by atoms with E-state index in [2.05, 4.69) is 30.7 Å². The van der Waals surface area contributed by atoms with Crippen molar-refractivity contribution in [2.45, 2.75) is 33.1 Å². The largest absolute Gasteiger partial charge is 0.494 e. The minimum Gasteiger partial charge on any atom is -0.494 e. The molecule has 0 spiro atoms. The van der Waals surface area contributed by atoms with E-state index in [0.29, 0.717) is 5.15 Å². The Bertz CT molecular complexity index is 567. The van der Waals surface area contributed by atoms with Gasteiger partial charge in [-0.2, -0.15) is 0 Å². The summed E-state index contributed by atoms with van der Waals surface area (Å²) in [7, 11) is 0. The molecule has 0 radical (unpaired) electrons. The zero-order valence-corrected chi connectivity index (χ0v) is 12.8. The summed E-state index contributed by atoms with van der Waals surface area (Å²) < 4.78 is 5.59. The van der Waals surface area contributed by atoms with E-state index in [1.807, 2.05) is 24.3 Å². The molecule has 2 aromatic rings. The summed E-state index contributed by atoms with van der Waals surface area (Å²) in [5, 5.41) is 0.524. The molecule has 20 heavy (non-hydrogen) atoms. The van der Waals surface area contributed by atoms with Crippen LogP contribution in [-0.4, -0.2) is 16.6 Å². The van der Waals surface area contributed by atoms with Crippen LogP contribution < -0.4 is 4.74 Å². The third-order valence-corrected chi connectivity index (χ3v) is 3.31. The second kappa shape index (κ2) is 6.71. The van der Waals surface area contributed by atoms with Gasteiger partial charge in [-0.15, -0.1) is 0 Å². The van der Waals surface area contributed by atoms with Gasteiger partial charge in [0.25, 0.3) is 0 Å². The van der Waals surface area contributed by atoms with Crippen LogP contribution in [0.15, 0.2) is 30.6 Å². The van der Waals surface area contributed by atoms with Gasteiger partial charge in [0.2, 0.25) is 0 Å². The summed E-state index contributed by atoms with van der Waals surface area (Å²) in [6.45, 7) is 7.00. The lowest BCUT2D eigenvalue weighted by Crippen LogP contribution is -1.99. The van der Waals surface area contributed by atoms with Crippen molar-refractivity contribution >= 4 is 11.6 Å². The zero-order chi connectivity index (χ0) is 14.5. The van der Waals surface area contributed by atoms with E-state index in [4.69, 9.17) is 16.3 Å². The summed E-state index contributed by atoms with van der Waals surface area (Å²) in [4.78, 5) is 8.46. The minimum absolute atomic E-state index is 0.273. The first-order valence-corrected chi connectivity index (χ1v) is 7.25. The highest BCUT2D eigenvalue weighted by Gasteiger charge is 2.14. The van der Waals surface area contributed by atoms with E-state index >= 15 is 0 Å². The zero-order valence-electron chi connectivity index (χ0n) is 12.1. The van der Waals surface area contributed by atoms with Gasteiger partial charge in [-0.1, -0.05) is 32.4 Å². The Morgan fingerprint density at radius 3 is 2.45 bits per heavy atom. The molecule has 1 aromatic carbocycles. The SMILES string of the molecule is CCCOc1ccc(-c2ncnc(Cl)c2C(C)C)cc1. The van der Waals surface area contributed by atoms with Crippen LogP contribution in [-0.2, 0) is 0 Å². The van der Waals surface area contributed by atoms with Crippen LogP contribution in [0.2, 0.25) is 5.15 Å². The van der Waals surface area contributed by atoms with Gasteiger partial charge >= 0.3 is 0 Å². The fraction of sp³-hybridized carbons (Fsp3) is 0.375. The van der Waals surface area contributed by atoms with Gasteiger partial charge in [0.15, 0.2) is 0 Å². The molecule has 0 aliphatic heterocycles. The molecule has 1 aromatic heterocycles. The van der Waals surface area contributed by atoms with Gasteiger partial charge in [0, 0.05) is 11.1 Å². The molecule has 0 N–H and O–H groups in total. The van der Waals surface area contributed by atoms with Crippen molar-refractivity contribution in [3.8, 4) is 17.0 Å². The predicted molar refractivity (Wildman–Crippen MR) is 82.4 cm³/mol. The van der Waals surface area contributed by atoms with Crippen LogP contribution in [0.25, 0.3) is 11.3 Å². The first kappa shape index (κ1) is 14.8. The lowest BCUT2D eigenvalue weighted by atomic mass is 9.99. The van der Waals surface area contributed by atoms with Crippen molar-refractivity contribution in [1.82, 2.24) is 9.97 Å². The van der Waals surface area contributed by atoms with Crippen LogP contribution in [0.3, 0.4) is 0 Å². The van der Waals surface area contributed by atoms with Crippen LogP contribution in [0.4, 0.5) is 0 Å². The minimum atomic E-state index is 0.273. The van der Waals surface area contributed by atoms with Crippen molar-refractivity contribution in [3.63, 3.8) is 0 Å². The molecule has 0 unspecified atom stereocenters. The van der Waals surface area contributed by atoms with Crippen molar-refractivity contribution in [1.29, 1.82) is 0 Å². The van der Waals surface area contributed by atoms with E-state index < -0.39 is 0 Å². The Morgan fingerprint density at radius 2 is 1.85 bits per heavy atom. The molecule has 3 nitrogen and oxygen atoms in total. The average Bonchev–Trinajstić information content (AvgIpc) is 2.45. The molecule has 106 valence electrons. The number of benzene rings is 1. The van der Waals surface area contributed by atoms with Crippen molar-refractivity contribution < 1.29 is 4.74 Å². The van der Waals surface area contributed by atoms with Crippen LogP contribution in [0.5, 0.6) is 5.75 Å². The van der Waals surface area contributed by atoms with Gasteiger partial charge in [0.05, 0.1) is 12.3 Å². The molecular weight excluding hydrogens is 272 g/mol. The van der Waals surface area contributed by atoms with Crippen LogP contribution in [0.1, 0.15) is 38.7 Å². The average molecular weight is 291 g/mol. The Hall–Kier alpha value is -1.61. The quantitative estimate of drug-likeness (QED) is 0.748. The summed E-state index contributed by atoms with van der Waals surface area (Å²) >= 11 is 6.20. The maximum atomic E-state index is 6.20. The maximum Gasteiger partial charge on any atom is 0.136 e. The summed E-state index contributed by atoms with van der Waals surface area (Å²) in [5.74, 6) is 1.15. The predicted octanol–water partition coefficient (Wildman–Crippen LogP) is 4.71. The van der Waals surface area contributed by atoms with Crippen LogP contribution in [0, 0.1) is 0 Å². The highest BCUT2D eigenvalue weighted by Crippen LogP contribution is 2.32. The molecule has 0 bridgehead atoms. The highest BCUT2D eigenvalue weighted by molar-refractivity contribution is 6.30. The number of hydrogen-bond acceptors (Lipinski definition) is 3. The summed E-state index contributed by atoms with van der Waals surface area (Å²) in [6, 6.07) is 7.95. The molecule has 0 amide bonds. The van der Waals surface area contributed by atoms with Crippen molar-refractivity contribution in [2.75, 3.05) is 6.61 Å². The lowest BCUT2D eigenvalue weighted by molar-refractivity contribution is 0.317. The molecule has 0 fully saturated rings. The van der Waals surface area contributed by atoms with Crippen LogP contribution >= 0.6 is 11.6 Å². The standard InChI is InChI=1S/C16H19ClN2O/c1-4-9-20-13-7-5-12(6-8-13)15-14(11(2)3)16(17)19-10-18-15/h5-8,10-11H,4,9H2,1-3H3. The Kier molecular flexibility index (Phi) is 4.96. The van der Waals surface area contributed by atoms with E-state index in [9.17, 15) is 0 Å². The van der Waals surface area contributed by atoms with Gasteiger partial charge in [-0.3, -0.25) is 0 Å². The number of nitrogens with zero attached hydrogens (tertiary/aromatic N) is 2. The van der Waals surface area contributed by atoms with E-state index in [0.717, 1.165) is 35.6 Å². The fourth-order valence-electron chi connectivity index (χ4n) is 2.04. The highest BCUT2D eigenvalue weighted by atomic mass is 35.5. The molecule has 0 saturated heterocycles. The molecular formula is C16H19ClN2O. The van der Waals surface area contributed by atoms with Crippen molar-refractivity contribution in [3.05, 3.63) is 41.3 Å². The Balaban J connectivity index is 2.34. The molecule has 0 saturated carbocycles.